The fraction of sp³-hybridized carbons (Fsp3) is 0.538. The molecule has 1 unspecified atom stereocenters. The molecule has 0 spiro atoms. The molecule has 0 aliphatic rings. The Hall–Kier alpha value is -0.480. The van der Waals surface area contributed by atoms with E-state index in [-0.39, 0.29) is 11.6 Å². The molecule has 17 heavy (non-hydrogen) atoms. The minimum Gasteiger partial charge on any atom is -0.310 e. The second kappa shape index (κ2) is 7.07. The van der Waals surface area contributed by atoms with Crippen LogP contribution in [0.25, 0.3) is 0 Å². The molecule has 1 atom stereocenters. The van der Waals surface area contributed by atoms with E-state index >= 15 is 0 Å². The average molecular weight is 306 g/mol. The van der Waals surface area contributed by atoms with Crippen LogP contribution in [0.5, 0.6) is 0 Å². The van der Waals surface area contributed by atoms with Crippen molar-refractivity contribution in [3.63, 3.8) is 0 Å². The van der Waals surface area contributed by atoms with Gasteiger partial charge in [0.15, 0.2) is 0 Å². The summed E-state index contributed by atoms with van der Waals surface area (Å²) in [6.07, 6.45) is 2.71. The second-order valence-electron chi connectivity index (χ2n) is 4.01. The Morgan fingerprint density at radius 1 is 1.29 bits per heavy atom. The number of halogens is 3. The Morgan fingerprint density at radius 2 is 2.00 bits per heavy atom. The molecule has 1 aromatic rings. The Labute approximate surface area is 110 Å². The molecule has 0 radical (unpaired) electrons. The highest BCUT2D eigenvalue weighted by Gasteiger charge is 2.20. The largest absolute Gasteiger partial charge is 0.310 e. The third-order valence-corrected chi connectivity index (χ3v) is 3.34. The SMILES string of the molecule is CCCCC(NCC)c1c(F)ccc(Br)c1F. The van der Waals surface area contributed by atoms with Crippen molar-refractivity contribution in [2.75, 3.05) is 6.54 Å². The van der Waals surface area contributed by atoms with Gasteiger partial charge in [0, 0.05) is 11.6 Å². The Balaban J connectivity index is 3.03. The van der Waals surface area contributed by atoms with Crippen molar-refractivity contribution < 1.29 is 8.78 Å². The van der Waals surface area contributed by atoms with E-state index in [0.717, 1.165) is 19.3 Å². The van der Waals surface area contributed by atoms with Gasteiger partial charge in [-0.05, 0) is 41.0 Å². The highest BCUT2D eigenvalue weighted by molar-refractivity contribution is 9.10. The molecule has 4 heteroatoms. The van der Waals surface area contributed by atoms with Gasteiger partial charge in [-0.3, -0.25) is 0 Å². The molecule has 0 heterocycles. The standard InChI is InChI=1S/C13H18BrF2N/c1-3-5-6-11(17-4-2)12-10(15)8-7-9(14)13(12)16/h7-8,11,17H,3-6H2,1-2H3. The van der Waals surface area contributed by atoms with Crippen LogP contribution < -0.4 is 5.32 Å². The lowest BCUT2D eigenvalue weighted by atomic mass is 10.00. The summed E-state index contributed by atoms with van der Waals surface area (Å²) >= 11 is 3.10. The van der Waals surface area contributed by atoms with Crippen molar-refractivity contribution in [3.8, 4) is 0 Å². The number of nitrogens with one attached hydrogen (secondary N) is 1. The summed E-state index contributed by atoms with van der Waals surface area (Å²) in [5.41, 5.74) is 0.148. The maximum absolute atomic E-state index is 13.9. The van der Waals surface area contributed by atoms with Crippen LogP contribution in [-0.4, -0.2) is 6.54 Å². The zero-order valence-corrected chi connectivity index (χ0v) is 11.8. The molecular formula is C13H18BrF2N. The smallest absolute Gasteiger partial charge is 0.145 e. The minimum absolute atomic E-state index is 0.148. The fourth-order valence-electron chi connectivity index (χ4n) is 1.87. The van der Waals surface area contributed by atoms with Gasteiger partial charge in [-0.2, -0.15) is 0 Å². The van der Waals surface area contributed by atoms with E-state index in [1.165, 1.54) is 12.1 Å². The third-order valence-electron chi connectivity index (χ3n) is 2.72. The van der Waals surface area contributed by atoms with E-state index in [2.05, 4.69) is 28.2 Å². The highest BCUT2D eigenvalue weighted by Crippen LogP contribution is 2.29. The van der Waals surface area contributed by atoms with Crippen molar-refractivity contribution in [2.24, 2.45) is 0 Å². The molecular weight excluding hydrogens is 288 g/mol. The van der Waals surface area contributed by atoms with E-state index in [4.69, 9.17) is 0 Å². The number of benzene rings is 1. The van der Waals surface area contributed by atoms with Crippen molar-refractivity contribution in [3.05, 3.63) is 33.8 Å². The van der Waals surface area contributed by atoms with Gasteiger partial charge in [-0.1, -0.05) is 26.7 Å². The van der Waals surface area contributed by atoms with Gasteiger partial charge in [0.2, 0.25) is 0 Å². The lowest BCUT2D eigenvalue weighted by Gasteiger charge is -2.19. The maximum Gasteiger partial charge on any atom is 0.145 e. The van der Waals surface area contributed by atoms with E-state index in [9.17, 15) is 8.78 Å². The molecule has 0 fully saturated rings. The summed E-state index contributed by atoms with van der Waals surface area (Å²) in [4.78, 5) is 0. The van der Waals surface area contributed by atoms with Crippen LogP contribution in [0.4, 0.5) is 8.78 Å². The van der Waals surface area contributed by atoms with Crippen LogP contribution in [0.15, 0.2) is 16.6 Å². The van der Waals surface area contributed by atoms with Gasteiger partial charge in [0.05, 0.1) is 4.47 Å². The summed E-state index contributed by atoms with van der Waals surface area (Å²) in [5, 5.41) is 3.14. The Morgan fingerprint density at radius 3 is 2.59 bits per heavy atom. The Kier molecular flexibility index (Phi) is 6.06. The van der Waals surface area contributed by atoms with Crippen LogP contribution in [0, 0.1) is 11.6 Å². The average Bonchev–Trinajstić information content (AvgIpc) is 2.31. The van der Waals surface area contributed by atoms with Crippen LogP contribution >= 0.6 is 15.9 Å². The first-order valence-electron chi connectivity index (χ1n) is 5.98. The van der Waals surface area contributed by atoms with Gasteiger partial charge in [-0.25, -0.2) is 8.78 Å². The quantitative estimate of drug-likeness (QED) is 0.759. The van der Waals surface area contributed by atoms with Gasteiger partial charge in [0.25, 0.3) is 0 Å². The number of hydrogen-bond donors (Lipinski definition) is 1. The molecule has 0 aliphatic heterocycles. The third kappa shape index (κ3) is 3.75. The Bertz CT molecular complexity index is 369. The van der Waals surface area contributed by atoms with E-state index in [1.807, 2.05) is 6.92 Å². The molecule has 1 rings (SSSR count). The molecule has 0 amide bonds. The van der Waals surface area contributed by atoms with E-state index in [1.54, 1.807) is 0 Å². The van der Waals surface area contributed by atoms with Gasteiger partial charge in [-0.15, -0.1) is 0 Å². The minimum atomic E-state index is -0.493. The molecule has 0 saturated heterocycles. The van der Waals surface area contributed by atoms with Gasteiger partial charge >= 0.3 is 0 Å². The summed E-state index contributed by atoms with van der Waals surface area (Å²) in [7, 11) is 0. The van der Waals surface area contributed by atoms with Crippen molar-refractivity contribution in [1.29, 1.82) is 0 Å². The zero-order chi connectivity index (χ0) is 12.8. The summed E-state index contributed by atoms with van der Waals surface area (Å²) in [6.45, 7) is 4.70. The predicted molar refractivity (Wildman–Crippen MR) is 70.0 cm³/mol. The lowest BCUT2D eigenvalue weighted by molar-refractivity contribution is 0.442. The molecule has 1 aromatic carbocycles. The summed E-state index contributed by atoms with van der Waals surface area (Å²) < 4.78 is 28.0. The van der Waals surface area contributed by atoms with Crippen molar-refractivity contribution in [1.82, 2.24) is 5.32 Å². The van der Waals surface area contributed by atoms with Crippen LogP contribution in [0.2, 0.25) is 0 Å². The molecule has 0 saturated carbocycles. The lowest BCUT2D eigenvalue weighted by Crippen LogP contribution is -2.23. The molecule has 1 N–H and O–H groups in total. The normalized spacial score (nSPS) is 12.8. The van der Waals surface area contributed by atoms with E-state index < -0.39 is 11.6 Å². The van der Waals surface area contributed by atoms with Gasteiger partial charge in [0.1, 0.15) is 11.6 Å². The highest BCUT2D eigenvalue weighted by atomic mass is 79.9. The van der Waals surface area contributed by atoms with Crippen LogP contribution in [0.1, 0.15) is 44.7 Å². The monoisotopic (exact) mass is 305 g/mol. The summed E-state index contributed by atoms with van der Waals surface area (Å²) in [5.74, 6) is -0.972. The number of unbranched alkanes of at least 4 members (excludes halogenated alkanes) is 1. The van der Waals surface area contributed by atoms with Crippen LogP contribution in [0.3, 0.4) is 0 Å². The number of hydrogen-bond acceptors (Lipinski definition) is 1. The zero-order valence-electron chi connectivity index (χ0n) is 10.2. The van der Waals surface area contributed by atoms with Crippen molar-refractivity contribution >= 4 is 15.9 Å². The van der Waals surface area contributed by atoms with Crippen LogP contribution in [-0.2, 0) is 0 Å². The summed E-state index contributed by atoms with van der Waals surface area (Å²) in [6, 6.07) is 2.45. The maximum atomic E-state index is 13.9. The molecule has 0 aromatic heterocycles. The van der Waals surface area contributed by atoms with Crippen molar-refractivity contribution in [2.45, 2.75) is 39.2 Å². The molecule has 1 nitrogen and oxygen atoms in total. The molecule has 0 aliphatic carbocycles. The van der Waals surface area contributed by atoms with Gasteiger partial charge < -0.3 is 5.32 Å². The second-order valence-corrected chi connectivity index (χ2v) is 4.86. The fourth-order valence-corrected chi connectivity index (χ4v) is 2.21. The predicted octanol–water partition coefficient (Wildman–Crippen LogP) is 4.57. The first kappa shape index (κ1) is 14.6. The van der Waals surface area contributed by atoms with E-state index in [0.29, 0.717) is 11.0 Å². The molecule has 0 bridgehead atoms. The number of rotatable bonds is 6. The first-order chi connectivity index (χ1) is 8.11. The first-order valence-corrected chi connectivity index (χ1v) is 6.77. The topological polar surface area (TPSA) is 12.0 Å². The molecule has 96 valence electrons.